The minimum atomic E-state index is -0.316. The first-order chi connectivity index (χ1) is 14.9. The van der Waals surface area contributed by atoms with E-state index in [0.29, 0.717) is 20.9 Å². The first-order valence-electron chi connectivity index (χ1n) is 9.70. The molecule has 0 radical (unpaired) electrons. The third kappa shape index (κ3) is 4.78. The molecule has 0 saturated heterocycles. The molecule has 0 unspecified atom stereocenters. The molecule has 31 heavy (non-hydrogen) atoms. The molecule has 1 N–H and O–H groups in total. The summed E-state index contributed by atoms with van der Waals surface area (Å²) in [6.45, 7) is 3.76. The van der Waals surface area contributed by atoms with Crippen molar-refractivity contribution in [2.24, 2.45) is 0 Å². The highest BCUT2D eigenvalue weighted by atomic mass is 35.5. The third-order valence-corrected chi connectivity index (χ3v) is 5.68. The van der Waals surface area contributed by atoms with Crippen LogP contribution in [0.1, 0.15) is 13.8 Å². The van der Waals surface area contributed by atoms with Crippen LogP contribution in [-0.2, 0) is 11.3 Å². The number of hydrogen-bond donors (Lipinski definition) is 1. The van der Waals surface area contributed by atoms with Gasteiger partial charge in [0.25, 0.3) is 5.56 Å². The topological polar surface area (TPSA) is 73.2 Å². The van der Waals surface area contributed by atoms with Gasteiger partial charge in [-0.1, -0.05) is 23.7 Å². The average Bonchev–Trinajstić information content (AvgIpc) is 3.17. The van der Waals surface area contributed by atoms with Crippen LogP contribution in [0.25, 0.3) is 21.3 Å². The molecule has 2 heterocycles. The maximum absolute atomic E-state index is 13.1. The molecule has 0 aliphatic heterocycles. The fourth-order valence-corrected chi connectivity index (χ4v) is 4.20. The molecule has 2 aromatic carbocycles. The number of rotatable bonds is 6. The molecular formula is C23H20ClN3O3S. The Morgan fingerprint density at radius 3 is 2.55 bits per heavy atom. The quantitative estimate of drug-likeness (QED) is 0.435. The van der Waals surface area contributed by atoms with Gasteiger partial charge in [0.15, 0.2) is 0 Å². The van der Waals surface area contributed by atoms with Gasteiger partial charge in [-0.15, -0.1) is 11.3 Å². The summed E-state index contributed by atoms with van der Waals surface area (Å²) in [5, 5.41) is 5.82. The molecule has 8 heteroatoms. The zero-order valence-electron chi connectivity index (χ0n) is 17.0. The van der Waals surface area contributed by atoms with E-state index in [9.17, 15) is 9.59 Å². The Labute approximate surface area is 188 Å². The molecule has 0 spiro atoms. The average molecular weight is 454 g/mol. The molecule has 0 aliphatic carbocycles. The molecule has 4 rings (SSSR count). The summed E-state index contributed by atoms with van der Waals surface area (Å²) in [6.07, 6.45) is 1.48. The number of hydrogen-bond acceptors (Lipinski definition) is 5. The van der Waals surface area contributed by atoms with Crippen LogP contribution in [0.3, 0.4) is 0 Å². The number of thiophene rings is 1. The highest BCUT2D eigenvalue weighted by Crippen LogP contribution is 2.31. The van der Waals surface area contributed by atoms with Crippen molar-refractivity contribution in [3.8, 4) is 16.9 Å². The van der Waals surface area contributed by atoms with E-state index in [-0.39, 0.29) is 24.1 Å². The summed E-state index contributed by atoms with van der Waals surface area (Å²) in [7, 11) is 0. The third-order valence-electron chi connectivity index (χ3n) is 4.54. The number of amides is 1. The number of ether oxygens (including phenoxy) is 1. The summed E-state index contributed by atoms with van der Waals surface area (Å²) in [4.78, 5) is 30.6. The Hall–Kier alpha value is -3.16. The fourth-order valence-electron chi connectivity index (χ4n) is 3.17. The second-order valence-corrected chi connectivity index (χ2v) is 8.55. The van der Waals surface area contributed by atoms with Crippen LogP contribution < -0.4 is 15.6 Å². The molecular weight excluding hydrogens is 434 g/mol. The first kappa shape index (κ1) is 21.1. The minimum absolute atomic E-state index is 0.0737. The highest BCUT2D eigenvalue weighted by molar-refractivity contribution is 7.17. The summed E-state index contributed by atoms with van der Waals surface area (Å²) >= 11 is 7.37. The molecule has 0 atom stereocenters. The van der Waals surface area contributed by atoms with E-state index in [1.54, 1.807) is 36.4 Å². The standard InChI is InChI=1S/C23H20ClN3O3S/c1-14(2)30-18-9-7-17(8-10-18)26-20(28)11-27-13-25-22-21(23(27)29)19(12-31-22)15-3-5-16(24)6-4-15/h3-10,12-14H,11H2,1-2H3,(H,26,28). The van der Waals surface area contributed by atoms with E-state index in [1.165, 1.54) is 22.2 Å². The highest BCUT2D eigenvalue weighted by Gasteiger charge is 2.15. The van der Waals surface area contributed by atoms with Crippen molar-refractivity contribution in [3.05, 3.63) is 75.6 Å². The van der Waals surface area contributed by atoms with Gasteiger partial charge in [0.1, 0.15) is 17.1 Å². The van der Waals surface area contributed by atoms with E-state index in [0.717, 1.165) is 16.9 Å². The number of nitrogens with zero attached hydrogens (tertiary/aromatic N) is 2. The number of halogens is 1. The Morgan fingerprint density at radius 1 is 1.16 bits per heavy atom. The van der Waals surface area contributed by atoms with E-state index in [1.807, 2.05) is 31.4 Å². The van der Waals surface area contributed by atoms with Gasteiger partial charge < -0.3 is 10.1 Å². The predicted octanol–water partition coefficient (Wildman–Crippen LogP) is 5.20. The van der Waals surface area contributed by atoms with Crippen LogP contribution in [0, 0.1) is 0 Å². The van der Waals surface area contributed by atoms with Crippen molar-refractivity contribution >= 4 is 44.7 Å². The molecule has 0 bridgehead atoms. The van der Waals surface area contributed by atoms with E-state index >= 15 is 0 Å². The van der Waals surface area contributed by atoms with Crippen LogP contribution in [0.15, 0.2) is 65.0 Å². The lowest BCUT2D eigenvalue weighted by Crippen LogP contribution is -2.27. The van der Waals surface area contributed by atoms with Crippen molar-refractivity contribution in [2.75, 3.05) is 5.32 Å². The number of anilines is 1. The lowest BCUT2D eigenvalue weighted by molar-refractivity contribution is -0.116. The van der Waals surface area contributed by atoms with E-state index in [4.69, 9.17) is 16.3 Å². The van der Waals surface area contributed by atoms with Gasteiger partial charge in [-0.25, -0.2) is 4.98 Å². The van der Waals surface area contributed by atoms with E-state index < -0.39 is 0 Å². The lowest BCUT2D eigenvalue weighted by atomic mass is 10.1. The number of fused-ring (bicyclic) bond motifs is 1. The summed E-state index contributed by atoms with van der Waals surface area (Å²) in [6, 6.07) is 14.4. The van der Waals surface area contributed by atoms with Crippen molar-refractivity contribution in [3.63, 3.8) is 0 Å². The molecule has 6 nitrogen and oxygen atoms in total. The molecule has 1 amide bonds. The van der Waals surface area contributed by atoms with Crippen LogP contribution in [0.5, 0.6) is 5.75 Å². The van der Waals surface area contributed by atoms with Gasteiger partial charge in [-0.05, 0) is 55.8 Å². The van der Waals surface area contributed by atoms with Gasteiger partial charge >= 0.3 is 0 Å². The van der Waals surface area contributed by atoms with Crippen LogP contribution in [-0.4, -0.2) is 21.6 Å². The van der Waals surface area contributed by atoms with Crippen molar-refractivity contribution in [1.82, 2.24) is 9.55 Å². The number of carbonyl (C=O) groups is 1. The van der Waals surface area contributed by atoms with Crippen molar-refractivity contribution in [2.45, 2.75) is 26.5 Å². The maximum atomic E-state index is 13.1. The Kier molecular flexibility index (Phi) is 6.06. The van der Waals surface area contributed by atoms with Crippen molar-refractivity contribution in [1.29, 1.82) is 0 Å². The maximum Gasteiger partial charge on any atom is 0.263 e. The molecule has 2 aromatic heterocycles. The molecule has 0 fully saturated rings. The van der Waals surface area contributed by atoms with Gasteiger partial charge in [-0.3, -0.25) is 14.2 Å². The predicted molar refractivity (Wildman–Crippen MR) is 125 cm³/mol. The fraction of sp³-hybridized carbons (Fsp3) is 0.174. The van der Waals surface area contributed by atoms with Gasteiger partial charge in [-0.2, -0.15) is 0 Å². The molecule has 158 valence electrons. The second kappa shape index (κ2) is 8.91. The second-order valence-electron chi connectivity index (χ2n) is 7.25. The van der Waals surface area contributed by atoms with Crippen LogP contribution >= 0.6 is 22.9 Å². The SMILES string of the molecule is CC(C)Oc1ccc(NC(=O)Cn2cnc3scc(-c4ccc(Cl)cc4)c3c2=O)cc1. The van der Waals surface area contributed by atoms with Crippen molar-refractivity contribution < 1.29 is 9.53 Å². The van der Waals surface area contributed by atoms with E-state index in [2.05, 4.69) is 10.3 Å². The Morgan fingerprint density at radius 2 is 1.87 bits per heavy atom. The number of carbonyl (C=O) groups excluding carboxylic acids is 1. The minimum Gasteiger partial charge on any atom is -0.491 e. The van der Waals surface area contributed by atoms with Crippen LogP contribution in [0.2, 0.25) is 5.02 Å². The smallest absolute Gasteiger partial charge is 0.263 e. The summed E-state index contributed by atoms with van der Waals surface area (Å²) in [5.41, 5.74) is 2.03. The zero-order valence-corrected chi connectivity index (χ0v) is 18.5. The summed E-state index contributed by atoms with van der Waals surface area (Å²) in [5.74, 6) is 0.412. The summed E-state index contributed by atoms with van der Waals surface area (Å²) < 4.78 is 6.92. The number of nitrogens with one attached hydrogen (secondary N) is 1. The zero-order chi connectivity index (χ0) is 22.0. The normalized spacial score (nSPS) is 11.1. The van der Waals surface area contributed by atoms with Gasteiger partial charge in [0, 0.05) is 21.7 Å². The van der Waals surface area contributed by atoms with Crippen LogP contribution in [0.4, 0.5) is 5.69 Å². The Balaban J connectivity index is 1.55. The molecule has 0 saturated carbocycles. The molecule has 4 aromatic rings. The lowest BCUT2D eigenvalue weighted by Gasteiger charge is -2.11. The van der Waals surface area contributed by atoms with Gasteiger partial charge in [0.2, 0.25) is 5.91 Å². The molecule has 0 aliphatic rings. The van der Waals surface area contributed by atoms with Gasteiger partial charge in [0.05, 0.1) is 17.8 Å². The largest absolute Gasteiger partial charge is 0.491 e. The Bertz CT molecular complexity index is 1280. The first-order valence-corrected chi connectivity index (χ1v) is 11.0. The number of benzene rings is 2. The number of aromatic nitrogens is 2. The monoisotopic (exact) mass is 453 g/mol.